The second-order valence-corrected chi connectivity index (χ2v) is 4.05. The first kappa shape index (κ1) is 11.8. The lowest BCUT2D eigenvalue weighted by molar-refractivity contribution is -0.138. The van der Waals surface area contributed by atoms with Crippen LogP contribution in [0.3, 0.4) is 0 Å². The second-order valence-electron chi connectivity index (χ2n) is 4.05. The molecule has 1 N–H and O–H groups in total. The first-order valence-electron chi connectivity index (χ1n) is 5.61. The summed E-state index contributed by atoms with van der Waals surface area (Å²) in [5, 5.41) is 6.76. The van der Waals surface area contributed by atoms with Crippen molar-refractivity contribution in [3.05, 3.63) is 17.5 Å². The first-order valence-corrected chi connectivity index (χ1v) is 5.61. The van der Waals surface area contributed by atoms with Crippen molar-refractivity contribution in [3.63, 3.8) is 0 Å². The van der Waals surface area contributed by atoms with Crippen molar-refractivity contribution < 1.29 is 14.1 Å². The van der Waals surface area contributed by atoms with Crippen LogP contribution < -0.4 is 5.32 Å². The third-order valence-electron chi connectivity index (χ3n) is 2.76. The maximum Gasteiger partial charge on any atom is 0.246 e. The SMILES string of the molecule is CCN1C(=O)CC(NCc2cc(C)no2)C1=O. The molecule has 17 heavy (non-hydrogen) atoms. The van der Waals surface area contributed by atoms with Crippen LogP contribution in [0.5, 0.6) is 0 Å². The number of likely N-dealkylation sites (tertiary alicyclic amines) is 1. The number of aromatic nitrogens is 1. The molecule has 0 bridgehead atoms. The number of aryl methyl sites for hydroxylation is 1. The van der Waals surface area contributed by atoms with Crippen molar-refractivity contribution in [3.8, 4) is 0 Å². The highest BCUT2D eigenvalue weighted by Gasteiger charge is 2.37. The van der Waals surface area contributed by atoms with Gasteiger partial charge in [0.1, 0.15) is 0 Å². The molecule has 2 amide bonds. The zero-order valence-corrected chi connectivity index (χ0v) is 9.90. The smallest absolute Gasteiger partial charge is 0.246 e. The van der Waals surface area contributed by atoms with Gasteiger partial charge in [-0.2, -0.15) is 0 Å². The van der Waals surface area contributed by atoms with Crippen LogP contribution in [0, 0.1) is 6.92 Å². The van der Waals surface area contributed by atoms with Gasteiger partial charge in [0.15, 0.2) is 5.76 Å². The number of likely N-dealkylation sites (N-methyl/N-ethyl adjacent to an activating group) is 1. The van der Waals surface area contributed by atoms with Gasteiger partial charge in [-0.15, -0.1) is 0 Å². The summed E-state index contributed by atoms with van der Waals surface area (Å²) in [7, 11) is 0. The van der Waals surface area contributed by atoms with E-state index in [0.717, 1.165) is 5.69 Å². The molecule has 6 nitrogen and oxygen atoms in total. The van der Waals surface area contributed by atoms with Crippen LogP contribution in [-0.2, 0) is 16.1 Å². The molecule has 1 aliphatic heterocycles. The molecule has 1 atom stereocenters. The van der Waals surface area contributed by atoms with E-state index >= 15 is 0 Å². The second kappa shape index (κ2) is 4.67. The molecule has 1 aromatic heterocycles. The molecule has 0 spiro atoms. The minimum absolute atomic E-state index is 0.122. The van der Waals surface area contributed by atoms with Crippen LogP contribution in [-0.4, -0.2) is 34.5 Å². The Morgan fingerprint density at radius 3 is 2.88 bits per heavy atom. The largest absolute Gasteiger partial charge is 0.360 e. The van der Waals surface area contributed by atoms with Gasteiger partial charge in [-0.05, 0) is 13.8 Å². The molecule has 1 fully saturated rings. The van der Waals surface area contributed by atoms with Crippen LogP contribution in [0.4, 0.5) is 0 Å². The highest BCUT2D eigenvalue weighted by atomic mass is 16.5. The van der Waals surface area contributed by atoms with E-state index in [2.05, 4.69) is 10.5 Å². The fourth-order valence-corrected chi connectivity index (χ4v) is 1.90. The highest BCUT2D eigenvalue weighted by Crippen LogP contribution is 2.13. The monoisotopic (exact) mass is 237 g/mol. The normalized spacial score (nSPS) is 20.4. The number of imide groups is 1. The predicted molar refractivity (Wildman–Crippen MR) is 58.9 cm³/mol. The standard InChI is InChI=1S/C11H15N3O3/c1-3-14-10(15)5-9(11(14)16)12-6-8-4-7(2)13-17-8/h4,9,12H,3,5-6H2,1-2H3. The fraction of sp³-hybridized carbons (Fsp3) is 0.545. The topological polar surface area (TPSA) is 75.4 Å². The molecule has 1 unspecified atom stereocenters. The predicted octanol–water partition coefficient (Wildman–Crippen LogP) is 0.220. The average molecular weight is 237 g/mol. The van der Waals surface area contributed by atoms with Crippen molar-refractivity contribution in [1.29, 1.82) is 0 Å². The van der Waals surface area contributed by atoms with Crippen LogP contribution in [0.15, 0.2) is 10.6 Å². The van der Waals surface area contributed by atoms with Crippen molar-refractivity contribution in [1.82, 2.24) is 15.4 Å². The van der Waals surface area contributed by atoms with E-state index in [1.165, 1.54) is 4.90 Å². The van der Waals surface area contributed by atoms with Gasteiger partial charge in [-0.25, -0.2) is 0 Å². The molecule has 6 heteroatoms. The zero-order chi connectivity index (χ0) is 12.4. The van der Waals surface area contributed by atoms with E-state index in [0.29, 0.717) is 18.8 Å². The van der Waals surface area contributed by atoms with Crippen molar-refractivity contribution in [2.45, 2.75) is 32.9 Å². The average Bonchev–Trinajstić information content (AvgIpc) is 2.81. The number of hydrogen-bond acceptors (Lipinski definition) is 5. The molecule has 2 rings (SSSR count). The summed E-state index contributed by atoms with van der Waals surface area (Å²) in [6.45, 7) is 4.45. The number of nitrogens with zero attached hydrogens (tertiary/aromatic N) is 2. The minimum Gasteiger partial charge on any atom is -0.360 e. The third-order valence-corrected chi connectivity index (χ3v) is 2.76. The van der Waals surface area contributed by atoms with Crippen LogP contribution in [0.25, 0.3) is 0 Å². The number of hydrogen-bond donors (Lipinski definition) is 1. The Kier molecular flexibility index (Phi) is 3.23. The zero-order valence-electron chi connectivity index (χ0n) is 9.90. The van der Waals surface area contributed by atoms with E-state index in [-0.39, 0.29) is 18.2 Å². The Hall–Kier alpha value is -1.69. The van der Waals surface area contributed by atoms with E-state index in [1.807, 2.05) is 6.92 Å². The molecule has 1 saturated heterocycles. The Morgan fingerprint density at radius 2 is 2.35 bits per heavy atom. The summed E-state index contributed by atoms with van der Waals surface area (Å²) in [5.41, 5.74) is 0.797. The maximum absolute atomic E-state index is 11.8. The molecule has 0 radical (unpaired) electrons. The summed E-state index contributed by atoms with van der Waals surface area (Å²) < 4.78 is 5.02. The Morgan fingerprint density at radius 1 is 1.59 bits per heavy atom. The van der Waals surface area contributed by atoms with Crippen LogP contribution in [0.2, 0.25) is 0 Å². The lowest BCUT2D eigenvalue weighted by atomic mass is 10.2. The van der Waals surface area contributed by atoms with E-state index in [4.69, 9.17) is 4.52 Å². The van der Waals surface area contributed by atoms with Gasteiger partial charge in [0.2, 0.25) is 11.8 Å². The molecule has 2 heterocycles. The summed E-state index contributed by atoms with van der Waals surface area (Å²) >= 11 is 0. The van der Waals surface area contributed by atoms with Gasteiger partial charge in [0.25, 0.3) is 0 Å². The van der Waals surface area contributed by atoms with Crippen molar-refractivity contribution >= 4 is 11.8 Å². The Labute approximate surface area is 98.9 Å². The molecule has 1 aliphatic rings. The van der Waals surface area contributed by atoms with Gasteiger partial charge >= 0.3 is 0 Å². The lowest BCUT2D eigenvalue weighted by Gasteiger charge is -2.12. The number of nitrogens with one attached hydrogen (secondary N) is 1. The highest BCUT2D eigenvalue weighted by molar-refractivity contribution is 6.05. The summed E-state index contributed by atoms with van der Waals surface area (Å²) in [5.74, 6) is 0.384. The number of amides is 2. The van der Waals surface area contributed by atoms with Crippen molar-refractivity contribution in [2.24, 2.45) is 0 Å². The van der Waals surface area contributed by atoms with Gasteiger partial charge in [-0.1, -0.05) is 5.16 Å². The molecule has 0 aromatic carbocycles. The molecular weight excluding hydrogens is 222 g/mol. The van der Waals surface area contributed by atoms with Gasteiger partial charge in [0, 0.05) is 12.6 Å². The van der Waals surface area contributed by atoms with E-state index in [1.54, 1.807) is 13.0 Å². The molecular formula is C11H15N3O3. The lowest BCUT2D eigenvalue weighted by Crippen LogP contribution is -2.38. The molecule has 92 valence electrons. The Bertz CT molecular complexity index is 441. The fourth-order valence-electron chi connectivity index (χ4n) is 1.90. The van der Waals surface area contributed by atoms with Crippen molar-refractivity contribution in [2.75, 3.05) is 6.54 Å². The maximum atomic E-state index is 11.8. The molecule has 1 aromatic rings. The molecule has 0 aliphatic carbocycles. The van der Waals surface area contributed by atoms with E-state index < -0.39 is 6.04 Å². The van der Waals surface area contributed by atoms with Gasteiger partial charge < -0.3 is 4.52 Å². The van der Waals surface area contributed by atoms with Crippen LogP contribution in [0.1, 0.15) is 24.8 Å². The summed E-state index contributed by atoms with van der Waals surface area (Å²) in [6, 6.07) is 1.36. The first-order chi connectivity index (χ1) is 8.11. The number of rotatable bonds is 4. The quantitative estimate of drug-likeness (QED) is 0.758. The third kappa shape index (κ3) is 2.36. The summed E-state index contributed by atoms with van der Waals surface area (Å²) in [6.07, 6.45) is 0.222. The Balaban J connectivity index is 1.92. The van der Waals surface area contributed by atoms with Gasteiger partial charge in [0.05, 0.1) is 24.7 Å². The molecule has 0 saturated carbocycles. The summed E-state index contributed by atoms with van der Waals surface area (Å²) in [4.78, 5) is 24.5. The number of carbonyl (C=O) groups excluding carboxylic acids is 2. The van der Waals surface area contributed by atoms with Crippen LogP contribution >= 0.6 is 0 Å². The van der Waals surface area contributed by atoms with Gasteiger partial charge in [-0.3, -0.25) is 19.8 Å². The van der Waals surface area contributed by atoms with E-state index in [9.17, 15) is 9.59 Å². The number of carbonyl (C=O) groups is 2. The minimum atomic E-state index is -0.437.